The molecule has 286 valence electrons. The maximum absolute atomic E-state index is 7.01. The van der Waals surface area contributed by atoms with Crippen LogP contribution in [0.4, 0.5) is 17.1 Å². The molecule has 0 fully saturated rings. The molecule has 0 bridgehead atoms. The number of nitrogens with zero attached hydrogens (tertiary/aromatic N) is 1. The van der Waals surface area contributed by atoms with Crippen LogP contribution in [0.3, 0.4) is 0 Å². The van der Waals surface area contributed by atoms with Gasteiger partial charge in [-0.1, -0.05) is 188 Å². The molecule has 10 aromatic carbocycles. The molecule has 0 aromatic heterocycles. The first-order valence-corrected chi connectivity index (χ1v) is 21.0. The Bertz CT molecular complexity index is 3230. The summed E-state index contributed by atoms with van der Waals surface area (Å²) >= 11 is 0. The topological polar surface area (TPSA) is 12.5 Å². The first-order chi connectivity index (χ1) is 30.3. The van der Waals surface area contributed by atoms with Gasteiger partial charge in [-0.25, -0.2) is 0 Å². The van der Waals surface area contributed by atoms with Crippen molar-refractivity contribution in [2.75, 3.05) is 4.90 Å². The minimum atomic E-state index is -0.525. The predicted molar refractivity (Wildman–Crippen MR) is 252 cm³/mol. The summed E-state index contributed by atoms with van der Waals surface area (Å²) in [4.78, 5) is 2.40. The number of anilines is 3. The van der Waals surface area contributed by atoms with E-state index in [0.717, 1.165) is 50.5 Å². The summed E-state index contributed by atoms with van der Waals surface area (Å²) in [6, 6.07) is 86.0. The van der Waals surface area contributed by atoms with Crippen molar-refractivity contribution in [1.82, 2.24) is 0 Å². The van der Waals surface area contributed by atoms with Crippen LogP contribution in [0, 0.1) is 0 Å². The van der Waals surface area contributed by atoms with Gasteiger partial charge in [-0.2, -0.15) is 0 Å². The molecule has 1 heterocycles. The highest BCUT2D eigenvalue weighted by Crippen LogP contribution is 2.57. The SMILES string of the molecule is c1ccc(-c2ccc(N(c3cccc(C4(c5ccccc5)c5ccccc5-c5ccccc54)c3)c3ccc4ccc5c(c4c3)Oc3ccccc3-c3ccccc3-5)cc2)cc1. The van der Waals surface area contributed by atoms with Crippen molar-refractivity contribution < 1.29 is 4.74 Å². The molecule has 10 aromatic rings. The highest BCUT2D eigenvalue weighted by Gasteiger charge is 2.46. The second-order valence-electron chi connectivity index (χ2n) is 16.0. The third kappa shape index (κ3) is 5.50. The van der Waals surface area contributed by atoms with Crippen LogP contribution >= 0.6 is 0 Å². The van der Waals surface area contributed by atoms with Gasteiger partial charge in [-0.05, 0) is 110 Å². The van der Waals surface area contributed by atoms with Crippen LogP contribution in [0.1, 0.15) is 22.3 Å². The standard InChI is InChI=1S/C59H39NO/c1-3-16-40(17-4-1)41-30-34-45(35-31-41)60(47-36-32-42-33-37-53-49-23-8-7-22-48(49)52-26-11-14-29-57(52)61-58(53)54(42)39-47)46-21-15-20-44(38-46)59(43-18-5-2-6-19-43)55-27-12-9-24-50(55)51-25-10-13-28-56(51)59/h1-39H. The monoisotopic (exact) mass is 777 g/mol. The number of ether oxygens (including phenoxy) is 1. The van der Waals surface area contributed by atoms with E-state index >= 15 is 0 Å². The fourth-order valence-corrected chi connectivity index (χ4v) is 10.1. The third-order valence-corrected chi connectivity index (χ3v) is 12.7. The van der Waals surface area contributed by atoms with Gasteiger partial charge in [0, 0.05) is 33.6 Å². The van der Waals surface area contributed by atoms with Crippen LogP contribution in [0.25, 0.3) is 55.3 Å². The van der Waals surface area contributed by atoms with Gasteiger partial charge in [-0.15, -0.1) is 0 Å². The van der Waals surface area contributed by atoms with E-state index in [-0.39, 0.29) is 0 Å². The molecule has 2 aliphatic rings. The number of para-hydroxylation sites is 1. The lowest BCUT2D eigenvalue weighted by molar-refractivity contribution is 0.493. The van der Waals surface area contributed by atoms with Gasteiger partial charge < -0.3 is 9.64 Å². The van der Waals surface area contributed by atoms with E-state index in [0.29, 0.717) is 0 Å². The van der Waals surface area contributed by atoms with Gasteiger partial charge in [0.1, 0.15) is 11.5 Å². The smallest absolute Gasteiger partial charge is 0.143 e. The first kappa shape index (κ1) is 35.0. The van der Waals surface area contributed by atoms with E-state index in [1.54, 1.807) is 0 Å². The van der Waals surface area contributed by atoms with E-state index < -0.39 is 5.41 Å². The normalized spacial score (nSPS) is 12.9. The fraction of sp³-hybridized carbons (Fsp3) is 0.0169. The van der Waals surface area contributed by atoms with Crippen molar-refractivity contribution in [2.45, 2.75) is 5.41 Å². The molecule has 1 aliphatic heterocycles. The average Bonchev–Trinajstić information content (AvgIpc) is 3.55. The van der Waals surface area contributed by atoms with Crippen LogP contribution < -0.4 is 9.64 Å². The summed E-state index contributed by atoms with van der Waals surface area (Å²) < 4.78 is 7.01. The van der Waals surface area contributed by atoms with Crippen molar-refractivity contribution in [3.63, 3.8) is 0 Å². The Hall–Kier alpha value is -7.94. The minimum absolute atomic E-state index is 0.525. The number of hydrogen-bond acceptors (Lipinski definition) is 2. The summed E-state index contributed by atoms with van der Waals surface area (Å²) in [5.74, 6) is 1.73. The lowest BCUT2D eigenvalue weighted by Gasteiger charge is -2.35. The predicted octanol–water partition coefficient (Wildman–Crippen LogP) is 15.8. The Morgan fingerprint density at radius 3 is 1.57 bits per heavy atom. The second-order valence-corrected chi connectivity index (χ2v) is 16.0. The third-order valence-electron chi connectivity index (χ3n) is 12.7. The van der Waals surface area contributed by atoms with E-state index in [4.69, 9.17) is 4.74 Å². The Morgan fingerprint density at radius 2 is 0.852 bits per heavy atom. The Kier molecular flexibility index (Phi) is 8.11. The number of fused-ring (bicyclic) bond motifs is 10. The van der Waals surface area contributed by atoms with Crippen molar-refractivity contribution in [2.24, 2.45) is 0 Å². The van der Waals surface area contributed by atoms with Gasteiger partial charge in [-0.3, -0.25) is 0 Å². The molecular formula is C59H39NO. The molecular weight excluding hydrogens is 739 g/mol. The molecule has 0 saturated heterocycles. The van der Waals surface area contributed by atoms with Crippen LogP contribution in [0.5, 0.6) is 11.5 Å². The van der Waals surface area contributed by atoms with E-state index in [9.17, 15) is 0 Å². The quantitative estimate of drug-likeness (QED) is 0.167. The summed E-state index contributed by atoms with van der Waals surface area (Å²) in [6.45, 7) is 0. The maximum atomic E-state index is 7.01. The zero-order valence-corrected chi connectivity index (χ0v) is 33.4. The van der Waals surface area contributed by atoms with Crippen LogP contribution in [0.2, 0.25) is 0 Å². The fourth-order valence-electron chi connectivity index (χ4n) is 10.1. The van der Waals surface area contributed by atoms with E-state index in [1.807, 2.05) is 0 Å². The molecule has 0 atom stereocenters. The lowest BCUT2D eigenvalue weighted by Crippen LogP contribution is -2.28. The average molecular weight is 778 g/mol. The van der Waals surface area contributed by atoms with E-state index in [2.05, 4.69) is 241 Å². The molecule has 61 heavy (non-hydrogen) atoms. The van der Waals surface area contributed by atoms with E-state index in [1.165, 1.54) is 55.6 Å². The van der Waals surface area contributed by atoms with Crippen molar-refractivity contribution in [3.05, 3.63) is 259 Å². The minimum Gasteiger partial charge on any atom is -0.455 e. The Morgan fingerprint density at radius 1 is 0.328 bits per heavy atom. The molecule has 2 nitrogen and oxygen atoms in total. The molecule has 0 radical (unpaired) electrons. The van der Waals surface area contributed by atoms with Gasteiger partial charge in [0.15, 0.2) is 0 Å². The zero-order valence-electron chi connectivity index (χ0n) is 33.4. The zero-order chi connectivity index (χ0) is 40.3. The van der Waals surface area contributed by atoms with Crippen LogP contribution in [-0.4, -0.2) is 0 Å². The number of hydrogen-bond donors (Lipinski definition) is 0. The molecule has 1 aliphatic carbocycles. The Labute approximate surface area is 356 Å². The van der Waals surface area contributed by atoms with Crippen LogP contribution in [0.15, 0.2) is 237 Å². The molecule has 0 unspecified atom stereocenters. The molecule has 0 spiro atoms. The van der Waals surface area contributed by atoms with Gasteiger partial charge in [0.2, 0.25) is 0 Å². The van der Waals surface area contributed by atoms with Crippen molar-refractivity contribution >= 4 is 27.8 Å². The molecule has 0 saturated carbocycles. The van der Waals surface area contributed by atoms with Crippen molar-refractivity contribution in [1.29, 1.82) is 0 Å². The Balaban J connectivity index is 1.09. The largest absolute Gasteiger partial charge is 0.455 e. The summed E-state index contributed by atoms with van der Waals surface area (Å²) in [5, 5.41) is 2.18. The molecule has 12 rings (SSSR count). The highest BCUT2D eigenvalue weighted by atomic mass is 16.5. The molecule has 2 heteroatoms. The molecule has 0 amide bonds. The second kappa shape index (κ2) is 14.1. The summed E-state index contributed by atoms with van der Waals surface area (Å²) in [6.07, 6.45) is 0. The summed E-state index contributed by atoms with van der Waals surface area (Å²) in [5.41, 5.74) is 17.1. The summed E-state index contributed by atoms with van der Waals surface area (Å²) in [7, 11) is 0. The number of benzene rings is 10. The molecule has 0 N–H and O–H groups in total. The van der Waals surface area contributed by atoms with Gasteiger partial charge in [0.05, 0.1) is 5.41 Å². The highest BCUT2D eigenvalue weighted by molar-refractivity contribution is 6.02. The van der Waals surface area contributed by atoms with Gasteiger partial charge in [0.25, 0.3) is 0 Å². The maximum Gasteiger partial charge on any atom is 0.143 e. The number of rotatable bonds is 6. The first-order valence-electron chi connectivity index (χ1n) is 21.0. The van der Waals surface area contributed by atoms with Crippen LogP contribution in [-0.2, 0) is 5.41 Å². The van der Waals surface area contributed by atoms with Crippen molar-refractivity contribution in [3.8, 4) is 56.0 Å². The lowest BCUT2D eigenvalue weighted by atomic mass is 9.67. The van der Waals surface area contributed by atoms with Gasteiger partial charge >= 0.3 is 0 Å².